The lowest BCUT2D eigenvalue weighted by atomic mass is 10.2. The Labute approximate surface area is 183 Å². The first-order valence-electron chi connectivity index (χ1n) is 9.76. The Bertz CT molecular complexity index is 1080. The predicted octanol–water partition coefficient (Wildman–Crippen LogP) is 3.59. The molecule has 1 aliphatic heterocycles. The maximum atomic E-state index is 14.3. The fourth-order valence-electron chi connectivity index (χ4n) is 3.31. The van der Waals surface area contributed by atoms with Crippen molar-refractivity contribution in [3.05, 3.63) is 41.4 Å². The van der Waals surface area contributed by atoms with Gasteiger partial charge in [0.05, 0.1) is 36.6 Å². The Hall–Kier alpha value is -2.88. The highest BCUT2D eigenvalue weighted by molar-refractivity contribution is 6.32. The Balaban J connectivity index is 1.57. The number of nitrogens with one attached hydrogen (secondary N) is 1. The summed E-state index contributed by atoms with van der Waals surface area (Å²) < 4.78 is 31.1. The van der Waals surface area contributed by atoms with Gasteiger partial charge in [0.15, 0.2) is 11.5 Å². The fourth-order valence-corrected chi connectivity index (χ4v) is 3.46. The molecule has 1 saturated heterocycles. The largest absolute Gasteiger partial charge is 0.506 e. The van der Waals surface area contributed by atoms with Crippen LogP contribution < -0.4 is 14.8 Å². The zero-order valence-electron chi connectivity index (χ0n) is 16.9. The highest BCUT2D eigenvalue weighted by Crippen LogP contribution is 2.36. The molecule has 0 radical (unpaired) electrons. The molecule has 0 atom stereocenters. The van der Waals surface area contributed by atoms with Crippen LogP contribution in [0, 0.1) is 5.82 Å². The average Bonchev–Trinajstić information content (AvgIpc) is 2.78. The quantitative estimate of drug-likeness (QED) is 0.567. The number of hydrogen-bond donors (Lipinski definition) is 2. The van der Waals surface area contributed by atoms with Gasteiger partial charge in [0.1, 0.15) is 30.3 Å². The van der Waals surface area contributed by atoms with Crippen molar-refractivity contribution in [2.24, 2.45) is 0 Å². The third-order valence-electron chi connectivity index (χ3n) is 4.98. The second kappa shape index (κ2) is 9.51. The number of anilines is 2. The summed E-state index contributed by atoms with van der Waals surface area (Å²) in [6.45, 7) is 4.51. The van der Waals surface area contributed by atoms with Crippen LogP contribution in [-0.4, -0.2) is 66.5 Å². The molecule has 10 heteroatoms. The summed E-state index contributed by atoms with van der Waals surface area (Å²) in [5.74, 6) is 0.556. The van der Waals surface area contributed by atoms with Crippen LogP contribution in [0.3, 0.4) is 0 Å². The number of morpholine rings is 1. The van der Waals surface area contributed by atoms with Gasteiger partial charge in [0.2, 0.25) is 0 Å². The van der Waals surface area contributed by atoms with Crippen molar-refractivity contribution < 1.29 is 23.7 Å². The van der Waals surface area contributed by atoms with E-state index in [1.807, 2.05) is 0 Å². The van der Waals surface area contributed by atoms with Crippen LogP contribution >= 0.6 is 11.6 Å². The number of aromatic hydroxyl groups is 1. The van der Waals surface area contributed by atoms with E-state index >= 15 is 0 Å². The summed E-state index contributed by atoms with van der Waals surface area (Å²) in [6, 6.07) is 5.72. The first kappa shape index (κ1) is 21.4. The smallest absolute Gasteiger partial charge is 0.163 e. The van der Waals surface area contributed by atoms with Gasteiger partial charge in [-0.3, -0.25) is 4.90 Å². The predicted molar refractivity (Wildman–Crippen MR) is 115 cm³/mol. The Morgan fingerprint density at radius 2 is 2.00 bits per heavy atom. The van der Waals surface area contributed by atoms with Crippen LogP contribution in [0.1, 0.15) is 0 Å². The van der Waals surface area contributed by atoms with Crippen molar-refractivity contribution >= 4 is 34.0 Å². The molecule has 8 nitrogen and oxygen atoms in total. The molecule has 4 rings (SSSR count). The molecule has 0 bridgehead atoms. The topological polar surface area (TPSA) is 89.0 Å². The molecule has 0 spiro atoms. The first-order valence-corrected chi connectivity index (χ1v) is 10.1. The number of hydrogen-bond acceptors (Lipinski definition) is 8. The lowest BCUT2D eigenvalue weighted by Crippen LogP contribution is -2.38. The van der Waals surface area contributed by atoms with Crippen LogP contribution in [0.25, 0.3) is 10.9 Å². The zero-order chi connectivity index (χ0) is 21.8. The van der Waals surface area contributed by atoms with Crippen molar-refractivity contribution in [3.8, 4) is 17.2 Å². The van der Waals surface area contributed by atoms with Crippen molar-refractivity contribution in [1.82, 2.24) is 14.9 Å². The maximum Gasteiger partial charge on any atom is 0.163 e. The van der Waals surface area contributed by atoms with E-state index in [-0.39, 0.29) is 16.5 Å². The number of ether oxygens (including phenoxy) is 3. The maximum absolute atomic E-state index is 14.3. The lowest BCUT2D eigenvalue weighted by Gasteiger charge is -2.26. The van der Waals surface area contributed by atoms with Gasteiger partial charge in [-0.05, 0) is 12.1 Å². The fraction of sp³-hybridized carbons (Fsp3) is 0.333. The third-order valence-corrected chi connectivity index (χ3v) is 5.28. The summed E-state index contributed by atoms with van der Waals surface area (Å²) >= 11 is 5.75. The molecule has 31 heavy (non-hydrogen) atoms. The van der Waals surface area contributed by atoms with E-state index in [2.05, 4.69) is 20.2 Å². The SMILES string of the molecule is COc1cc2c(Nc3cc(O)c(Cl)cc3F)ncnc2cc1OCCN1CCOCC1. The molecule has 2 heterocycles. The standard InChI is InChI=1S/C21H22ClFN4O4/c1-29-19-8-13-16(11-20(19)31-7-4-27-2-5-30-6-3-27)24-12-25-21(13)26-17-10-18(28)14(22)9-15(17)23/h8-12,28H,2-7H2,1H3,(H,24,25,26). The number of methoxy groups -OCH3 is 1. The van der Waals surface area contributed by atoms with E-state index in [9.17, 15) is 9.50 Å². The van der Waals surface area contributed by atoms with E-state index < -0.39 is 5.82 Å². The molecular weight excluding hydrogens is 427 g/mol. The third kappa shape index (κ3) is 4.90. The average molecular weight is 449 g/mol. The highest BCUT2D eigenvalue weighted by Gasteiger charge is 2.15. The van der Waals surface area contributed by atoms with Crippen molar-refractivity contribution in [3.63, 3.8) is 0 Å². The number of benzene rings is 2. The van der Waals surface area contributed by atoms with E-state index in [0.717, 1.165) is 38.9 Å². The Kier molecular flexibility index (Phi) is 6.55. The molecule has 0 unspecified atom stereocenters. The minimum absolute atomic E-state index is 0.0340. The summed E-state index contributed by atoms with van der Waals surface area (Å²) in [6.07, 6.45) is 1.36. The van der Waals surface area contributed by atoms with Gasteiger partial charge in [-0.1, -0.05) is 11.6 Å². The van der Waals surface area contributed by atoms with Crippen LogP contribution in [0.5, 0.6) is 17.2 Å². The Morgan fingerprint density at radius 1 is 1.19 bits per heavy atom. The van der Waals surface area contributed by atoms with Crippen molar-refractivity contribution in [2.75, 3.05) is 51.9 Å². The van der Waals surface area contributed by atoms with Crippen LogP contribution in [0.2, 0.25) is 5.02 Å². The number of aromatic nitrogens is 2. The molecule has 164 valence electrons. The number of nitrogens with zero attached hydrogens (tertiary/aromatic N) is 3. The molecule has 0 amide bonds. The minimum Gasteiger partial charge on any atom is -0.506 e. The minimum atomic E-state index is -0.621. The van der Waals surface area contributed by atoms with Crippen LogP contribution in [0.15, 0.2) is 30.6 Å². The number of halogens is 2. The normalized spacial score (nSPS) is 14.5. The molecule has 2 aromatic carbocycles. The number of phenolic OH excluding ortho intramolecular Hbond substituents is 1. The van der Waals surface area contributed by atoms with Gasteiger partial charge >= 0.3 is 0 Å². The zero-order valence-corrected chi connectivity index (χ0v) is 17.7. The molecule has 0 saturated carbocycles. The van der Waals surface area contributed by atoms with Gasteiger partial charge in [-0.15, -0.1) is 0 Å². The van der Waals surface area contributed by atoms with E-state index in [1.54, 1.807) is 19.2 Å². The van der Waals surface area contributed by atoms with Crippen molar-refractivity contribution in [1.29, 1.82) is 0 Å². The molecule has 1 fully saturated rings. The van der Waals surface area contributed by atoms with Gasteiger partial charge in [-0.25, -0.2) is 14.4 Å². The van der Waals surface area contributed by atoms with Gasteiger partial charge in [-0.2, -0.15) is 0 Å². The summed E-state index contributed by atoms with van der Waals surface area (Å²) in [7, 11) is 1.55. The lowest BCUT2D eigenvalue weighted by molar-refractivity contribution is 0.0321. The first-order chi connectivity index (χ1) is 15.0. The summed E-state index contributed by atoms with van der Waals surface area (Å²) in [5.41, 5.74) is 0.630. The van der Waals surface area contributed by atoms with Crippen LogP contribution in [0.4, 0.5) is 15.9 Å². The number of fused-ring (bicyclic) bond motifs is 1. The monoisotopic (exact) mass is 448 g/mol. The summed E-state index contributed by atoms with van der Waals surface area (Å²) in [4.78, 5) is 10.8. The number of rotatable bonds is 7. The highest BCUT2D eigenvalue weighted by atomic mass is 35.5. The van der Waals surface area contributed by atoms with Crippen LogP contribution in [-0.2, 0) is 4.74 Å². The van der Waals surface area contributed by atoms with E-state index in [1.165, 1.54) is 12.4 Å². The van der Waals surface area contributed by atoms with Crippen molar-refractivity contribution in [2.45, 2.75) is 0 Å². The van der Waals surface area contributed by atoms with E-state index in [0.29, 0.717) is 34.8 Å². The number of phenols is 1. The van der Waals surface area contributed by atoms with E-state index in [4.69, 9.17) is 25.8 Å². The molecule has 1 aromatic heterocycles. The Morgan fingerprint density at radius 3 is 2.77 bits per heavy atom. The summed E-state index contributed by atoms with van der Waals surface area (Å²) in [5, 5.41) is 13.2. The molecule has 2 N–H and O–H groups in total. The van der Waals surface area contributed by atoms with Gasteiger partial charge in [0.25, 0.3) is 0 Å². The molecule has 0 aliphatic carbocycles. The molecular formula is C21H22ClFN4O4. The van der Waals surface area contributed by atoms with Gasteiger partial charge in [0, 0.05) is 37.2 Å². The second-order valence-corrected chi connectivity index (χ2v) is 7.36. The molecule has 1 aliphatic rings. The van der Waals surface area contributed by atoms with Gasteiger partial charge < -0.3 is 24.6 Å². The second-order valence-electron chi connectivity index (χ2n) is 6.95. The molecule has 3 aromatic rings.